The van der Waals surface area contributed by atoms with Crippen molar-refractivity contribution in [2.24, 2.45) is 5.92 Å². The molecule has 0 saturated heterocycles. The Bertz CT molecular complexity index is 513. The van der Waals surface area contributed by atoms with Crippen molar-refractivity contribution in [3.8, 4) is 5.75 Å². The number of para-hydroxylation sites is 2. The molecule has 0 spiro atoms. The van der Waals surface area contributed by atoms with Crippen molar-refractivity contribution in [1.29, 1.82) is 0 Å². The molecule has 0 aliphatic rings. The monoisotopic (exact) mass is 279 g/mol. The van der Waals surface area contributed by atoms with E-state index in [1.165, 1.54) is 24.3 Å². The van der Waals surface area contributed by atoms with Gasteiger partial charge in [-0.25, -0.2) is 0 Å². The number of benzene rings is 1. The van der Waals surface area contributed by atoms with Gasteiger partial charge in [0, 0.05) is 18.9 Å². The number of hydrogen-bond donors (Lipinski definition) is 0. The van der Waals surface area contributed by atoms with Crippen LogP contribution in [0.1, 0.15) is 19.3 Å². The molecule has 7 heteroatoms. The van der Waals surface area contributed by atoms with Crippen LogP contribution in [-0.2, 0) is 14.4 Å². The van der Waals surface area contributed by atoms with Gasteiger partial charge in [0.2, 0.25) is 5.75 Å². The molecule has 7 nitrogen and oxygen atoms in total. The molecule has 1 rings (SSSR count). The first-order valence-electron chi connectivity index (χ1n) is 5.92. The molecule has 1 aromatic carbocycles. The van der Waals surface area contributed by atoms with Crippen LogP contribution in [0.25, 0.3) is 0 Å². The van der Waals surface area contributed by atoms with Gasteiger partial charge in [-0.3, -0.25) is 14.9 Å². The molecular formula is C13H13NO6. The van der Waals surface area contributed by atoms with Crippen LogP contribution in [0.2, 0.25) is 0 Å². The highest BCUT2D eigenvalue weighted by atomic mass is 16.6. The summed E-state index contributed by atoms with van der Waals surface area (Å²) < 4.78 is 4.96. The van der Waals surface area contributed by atoms with E-state index in [0.717, 1.165) is 0 Å². The minimum Gasteiger partial charge on any atom is -0.419 e. The molecule has 0 amide bonds. The third-order valence-electron chi connectivity index (χ3n) is 2.62. The van der Waals surface area contributed by atoms with Crippen molar-refractivity contribution in [2.75, 3.05) is 0 Å². The second-order valence-corrected chi connectivity index (χ2v) is 3.99. The third-order valence-corrected chi connectivity index (χ3v) is 2.62. The third kappa shape index (κ3) is 4.27. The van der Waals surface area contributed by atoms with Crippen LogP contribution in [0.3, 0.4) is 0 Å². The topological polar surface area (TPSA) is 104 Å². The fourth-order valence-corrected chi connectivity index (χ4v) is 1.60. The fourth-order valence-electron chi connectivity index (χ4n) is 1.60. The number of nitrogens with zero attached hydrogens (tertiary/aromatic N) is 1. The Hall–Kier alpha value is -2.57. The van der Waals surface area contributed by atoms with Crippen LogP contribution in [0.5, 0.6) is 5.75 Å². The molecule has 0 N–H and O–H groups in total. The summed E-state index contributed by atoms with van der Waals surface area (Å²) in [7, 11) is 0. The van der Waals surface area contributed by atoms with E-state index in [4.69, 9.17) is 4.74 Å². The number of rotatable bonds is 8. The predicted octanol–water partition coefficient (Wildman–Crippen LogP) is 1.68. The molecule has 0 aliphatic heterocycles. The van der Waals surface area contributed by atoms with Crippen LogP contribution < -0.4 is 4.74 Å². The van der Waals surface area contributed by atoms with Gasteiger partial charge in [-0.1, -0.05) is 12.1 Å². The van der Waals surface area contributed by atoms with Crippen LogP contribution in [0.15, 0.2) is 24.3 Å². The fraction of sp³-hybridized carbons (Fsp3) is 0.308. The second kappa shape index (κ2) is 7.78. The number of esters is 1. The number of carbonyl (C=O) groups excluding carboxylic acids is 3. The van der Waals surface area contributed by atoms with E-state index in [1.807, 2.05) is 0 Å². The second-order valence-electron chi connectivity index (χ2n) is 3.99. The first-order chi connectivity index (χ1) is 9.60. The maximum Gasteiger partial charge on any atom is 0.315 e. The summed E-state index contributed by atoms with van der Waals surface area (Å²) >= 11 is 0. The summed E-state index contributed by atoms with van der Waals surface area (Å²) in [6.45, 7) is 0. The van der Waals surface area contributed by atoms with Crippen molar-refractivity contribution in [2.45, 2.75) is 19.3 Å². The van der Waals surface area contributed by atoms with Crippen molar-refractivity contribution < 1.29 is 24.0 Å². The van der Waals surface area contributed by atoms with E-state index in [1.54, 1.807) is 0 Å². The van der Waals surface area contributed by atoms with Gasteiger partial charge in [0.05, 0.1) is 10.8 Å². The molecule has 1 aromatic rings. The Labute approximate surface area is 114 Å². The van der Waals surface area contributed by atoms with Crippen molar-refractivity contribution in [3.63, 3.8) is 0 Å². The van der Waals surface area contributed by atoms with Crippen molar-refractivity contribution in [1.82, 2.24) is 0 Å². The molecule has 0 bridgehead atoms. The lowest BCUT2D eigenvalue weighted by Crippen LogP contribution is -2.21. The van der Waals surface area contributed by atoms with Crippen LogP contribution in [0, 0.1) is 16.0 Å². The average Bonchev–Trinajstić information content (AvgIpc) is 2.43. The van der Waals surface area contributed by atoms with Crippen molar-refractivity contribution >= 4 is 24.2 Å². The molecule has 0 aromatic heterocycles. The van der Waals surface area contributed by atoms with Crippen LogP contribution >= 0.6 is 0 Å². The van der Waals surface area contributed by atoms with E-state index in [0.29, 0.717) is 12.6 Å². The summed E-state index contributed by atoms with van der Waals surface area (Å²) in [5.74, 6) is -1.71. The molecule has 0 saturated carbocycles. The molecule has 20 heavy (non-hydrogen) atoms. The first kappa shape index (κ1) is 15.5. The number of carbonyl (C=O) groups is 3. The van der Waals surface area contributed by atoms with Gasteiger partial charge in [0.1, 0.15) is 12.6 Å². The van der Waals surface area contributed by atoms with E-state index >= 15 is 0 Å². The smallest absolute Gasteiger partial charge is 0.315 e. The van der Waals surface area contributed by atoms with E-state index in [9.17, 15) is 24.5 Å². The molecule has 0 aliphatic carbocycles. The van der Waals surface area contributed by atoms with E-state index < -0.39 is 16.8 Å². The van der Waals surface area contributed by atoms with Crippen LogP contribution in [0.4, 0.5) is 5.69 Å². The first-order valence-corrected chi connectivity index (χ1v) is 5.92. The number of ether oxygens (including phenoxy) is 1. The summed E-state index contributed by atoms with van der Waals surface area (Å²) in [4.78, 5) is 42.8. The van der Waals surface area contributed by atoms with Gasteiger partial charge >= 0.3 is 11.7 Å². The highest BCUT2D eigenvalue weighted by Crippen LogP contribution is 2.27. The highest BCUT2D eigenvalue weighted by molar-refractivity contribution is 5.79. The predicted molar refractivity (Wildman–Crippen MR) is 68.2 cm³/mol. The summed E-state index contributed by atoms with van der Waals surface area (Å²) in [5.41, 5.74) is -0.332. The van der Waals surface area contributed by atoms with Gasteiger partial charge < -0.3 is 14.3 Å². The lowest BCUT2D eigenvalue weighted by Gasteiger charge is -2.11. The lowest BCUT2D eigenvalue weighted by molar-refractivity contribution is -0.385. The van der Waals surface area contributed by atoms with Crippen molar-refractivity contribution in [3.05, 3.63) is 34.4 Å². The Kier molecular flexibility index (Phi) is 6.02. The van der Waals surface area contributed by atoms with E-state index in [2.05, 4.69) is 0 Å². The summed E-state index contributed by atoms with van der Waals surface area (Å²) in [6.07, 6.45) is 1.38. The number of nitro benzene ring substituents is 1. The Morgan fingerprint density at radius 3 is 2.60 bits per heavy atom. The largest absolute Gasteiger partial charge is 0.419 e. The highest BCUT2D eigenvalue weighted by Gasteiger charge is 2.23. The molecule has 1 atom stereocenters. The molecule has 0 fully saturated rings. The lowest BCUT2D eigenvalue weighted by atomic mass is 10.0. The quantitative estimate of drug-likeness (QED) is 0.236. The zero-order valence-electron chi connectivity index (χ0n) is 10.6. The number of hydrogen-bond acceptors (Lipinski definition) is 6. The maximum atomic E-state index is 11.9. The maximum absolute atomic E-state index is 11.9. The molecule has 106 valence electrons. The minimum atomic E-state index is -0.780. The molecule has 0 heterocycles. The Balaban J connectivity index is 2.84. The molecular weight excluding hydrogens is 266 g/mol. The normalized spacial score (nSPS) is 11.4. The average molecular weight is 279 g/mol. The molecule has 0 radical (unpaired) electrons. The summed E-state index contributed by atoms with van der Waals surface area (Å²) in [5, 5.41) is 10.8. The van der Waals surface area contributed by atoms with Gasteiger partial charge in [0.15, 0.2) is 0 Å². The van der Waals surface area contributed by atoms with Gasteiger partial charge in [-0.05, 0) is 12.5 Å². The molecule has 1 unspecified atom stereocenters. The van der Waals surface area contributed by atoms with Crippen LogP contribution in [-0.4, -0.2) is 23.5 Å². The zero-order valence-corrected chi connectivity index (χ0v) is 10.6. The minimum absolute atomic E-state index is 0.0900. The Morgan fingerprint density at radius 2 is 2.00 bits per heavy atom. The zero-order chi connectivity index (χ0) is 15.0. The number of aldehydes is 2. The Morgan fingerprint density at radius 1 is 1.30 bits per heavy atom. The SMILES string of the molecule is O=CCCC(CC=O)C(=O)Oc1ccccc1[N+](=O)[O-]. The number of nitro groups is 1. The van der Waals surface area contributed by atoms with Gasteiger partial charge in [-0.2, -0.15) is 0 Å². The van der Waals surface area contributed by atoms with Gasteiger partial charge in [0.25, 0.3) is 0 Å². The summed E-state index contributed by atoms with van der Waals surface area (Å²) in [6, 6.07) is 5.46. The standard InChI is InChI=1S/C13H13NO6/c15-8-3-4-10(7-9-16)13(17)20-12-6-2-1-5-11(12)14(18)19/h1-2,5-6,8-10H,3-4,7H2. The van der Waals surface area contributed by atoms with Gasteiger partial charge in [-0.15, -0.1) is 0 Å². The van der Waals surface area contributed by atoms with E-state index in [-0.39, 0.29) is 30.7 Å².